The van der Waals surface area contributed by atoms with Crippen LogP contribution >= 0.6 is 43.5 Å². The van der Waals surface area contributed by atoms with Crippen molar-refractivity contribution in [2.75, 3.05) is 6.61 Å². The monoisotopic (exact) mass is 577 g/mol. The van der Waals surface area contributed by atoms with Gasteiger partial charge in [0, 0.05) is 10.4 Å². The maximum Gasteiger partial charge on any atom is 0.282 e. The van der Waals surface area contributed by atoms with Crippen LogP contribution in [0.25, 0.3) is 10.9 Å². The maximum absolute atomic E-state index is 13.4. The number of nitrogens with zero attached hydrogens (tertiary/aromatic N) is 3. The lowest BCUT2D eigenvalue weighted by Gasteiger charge is -2.22. The van der Waals surface area contributed by atoms with Crippen molar-refractivity contribution in [1.82, 2.24) is 9.66 Å². The Morgan fingerprint density at radius 3 is 2.72 bits per heavy atom. The minimum Gasteiger partial charge on any atom is -0.487 e. The van der Waals surface area contributed by atoms with Gasteiger partial charge in [-0.2, -0.15) is 9.78 Å². The van der Waals surface area contributed by atoms with Gasteiger partial charge in [-0.05, 0) is 64.7 Å². The van der Waals surface area contributed by atoms with Crippen molar-refractivity contribution >= 4 is 60.6 Å². The molecule has 0 unspecified atom stereocenters. The fourth-order valence-electron chi connectivity index (χ4n) is 3.96. The van der Waals surface area contributed by atoms with Crippen molar-refractivity contribution in [1.29, 1.82) is 0 Å². The van der Waals surface area contributed by atoms with Gasteiger partial charge < -0.3 is 4.74 Å². The van der Waals surface area contributed by atoms with E-state index in [0.717, 1.165) is 41.5 Å². The number of halogens is 3. The van der Waals surface area contributed by atoms with Crippen LogP contribution in [0.5, 0.6) is 5.75 Å². The topological polar surface area (TPSA) is 56.5 Å². The molecule has 166 valence electrons. The third-order valence-corrected chi connectivity index (χ3v) is 6.86. The van der Waals surface area contributed by atoms with Gasteiger partial charge in [-0.15, -0.1) is 0 Å². The molecule has 0 amide bonds. The number of ether oxygens (including phenoxy) is 1. The van der Waals surface area contributed by atoms with E-state index in [1.807, 2.05) is 18.2 Å². The first kappa shape index (κ1) is 23.2. The summed E-state index contributed by atoms with van der Waals surface area (Å²) >= 11 is 13.3. The zero-order chi connectivity index (χ0) is 22.7. The summed E-state index contributed by atoms with van der Waals surface area (Å²) < 4.78 is 8.59. The zero-order valence-corrected chi connectivity index (χ0v) is 21.3. The Morgan fingerprint density at radius 2 is 2.00 bits per heavy atom. The minimum absolute atomic E-state index is 0.177. The maximum atomic E-state index is 13.4. The molecule has 1 aromatic heterocycles. The summed E-state index contributed by atoms with van der Waals surface area (Å²) in [5.74, 6) is 1.48. The molecule has 5 nitrogen and oxygen atoms in total. The zero-order valence-electron chi connectivity index (χ0n) is 17.4. The van der Waals surface area contributed by atoms with Crippen molar-refractivity contribution in [3.05, 3.63) is 78.7 Å². The van der Waals surface area contributed by atoms with Crippen LogP contribution in [-0.2, 0) is 0 Å². The van der Waals surface area contributed by atoms with Crippen LogP contribution in [0.3, 0.4) is 0 Å². The summed E-state index contributed by atoms with van der Waals surface area (Å²) in [7, 11) is 0. The summed E-state index contributed by atoms with van der Waals surface area (Å²) in [6.45, 7) is 4.00. The molecule has 0 spiro atoms. The Kier molecular flexibility index (Phi) is 7.48. The van der Waals surface area contributed by atoms with Crippen molar-refractivity contribution in [3.63, 3.8) is 0 Å². The first-order valence-corrected chi connectivity index (χ1v) is 12.4. The van der Waals surface area contributed by atoms with Crippen molar-refractivity contribution in [2.24, 2.45) is 5.10 Å². The van der Waals surface area contributed by atoms with Gasteiger partial charge in [-0.3, -0.25) is 4.79 Å². The second-order valence-electron chi connectivity index (χ2n) is 7.74. The standard InChI is InChI=1S/C24H22Br2ClN3O2/c1-2-10-32-22-19(26)11-15(12-20(22)27)14-28-30-23(16-6-4-3-5-7-16)29-21-9-8-17(25)13-18(21)24(30)31/h2,8-9,11-14,16H,1,3-7,10H2. The smallest absolute Gasteiger partial charge is 0.282 e. The minimum atomic E-state index is -0.177. The summed E-state index contributed by atoms with van der Waals surface area (Å²) in [4.78, 5) is 18.3. The average Bonchev–Trinajstić information content (AvgIpc) is 2.79. The van der Waals surface area contributed by atoms with E-state index < -0.39 is 0 Å². The molecule has 1 fully saturated rings. The Bertz CT molecular complexity index is 1230. The lowest BCUT2D eigenvalue weighted by molar-refractivity contribution is 0.361. The van der Waals surface area contributed by atoms with E-state index in [9.17, 15) is 4.79 Å². The largest absolute Gasteiger partial charge is 0.487 e. The number of rotatable bonds is 6. The molecule has 1 aliphatic carbocycles. The molecule has 0 atom stereocenters. The lowest BCUT2D eigenvalue weighted by atomic mass is 9.88. The van der Waals surface area contributed by atoms with Gasteiger partial charge in [0.2, 0.25) is 0 Å². The van der Waals surface area contributed by atoms with Crippen LogP contribution in [-0.4, -0.2) is 22.5 Å². The highest BCUT2D eigenvalue weighted by atomic mass is 79.9. The number of hydrogen-bond acceptors (Lipinski definition) is 4. The van der Waals surface area contributed by atoms with Gasteiger partial charge in [0.15, 0.2) is 5.75 Å². The number of fused-ring (bicyclic) bond motifs is 1. The Hall–Kier alpha value is -1.96. The van der Waals surface area contributed by atoms with Crippen LogP contribution in [0.15, 0.2) is 61.8 Å². The van der Waals surface area contributed by atoms with E-state index in [1.165, 1.54) is 11.1 Å². The molecular weight excluding hydrogens is 558 g/mol. The SMILES string of the molecule is C=CCOc1c(Cl)cc(C=Nn2c(C3CCCCC3)nc3ccc(Br)cc3c2=O)cc1Br. The quantitative estimate of drug-likeness (QED) is 0.232. The number of benzene rings is 2. The first-order chi connectivity index (χ1) is 15.5. The third kappa shape index (κ3) is 5.00. The van der Waals surface area contributed by atoms with Gasteiger partial charge in [-0.25, -0.2) is 4.98 Å². The fraction of sp³-hybridized carbons (Fsp3) is 0.292. The lowest BCUT2D eigenvalue weighted by Crippen LogP contribution is -2.25. The summed E-state index contributed by atoms with van der Waals surface area (Å²) in [5, 5.41) is 5.55. The molecule has 32 heavy (non-hydrogen) atoms. The molecule has 3 aromatic rings. The van der Waals surface area contributed by atoms with Crippen LogP contribution in [0.1, 0.15) is 49.4 Å². The van der Waals surface area contributed by atoms with Gasteiger partial charge >= 0.3 is 0 Å². The molecule has 0 aliphatic heterocycles. The molecule has 0 radical (unpaired) electrons. The second kappa shape index (κ2) is 10.3. The molecule has 2 aromatic carbocycles. The summed E-state index contributed by atoms with van der Waals surface area (Å²) in [6, 6.07) is 9.18. The molecule has 8 heteroatoms. The summed E-state index contributed by atoms with van der Waals surface area (Å²) in [6.07, 6.45) is 8.80. The fourth-order valence-corrected chi connectivity index (χ4v) is 5.31. The molecular formula is C24H22Br2ClN3O2. The van der Waals surface area contributed by atoms with Crippen LogP contribution in [0.4, 0.5) is 0 Å². The Labute approximate surface area is 208 Å². The predicted octanol–water partition coefficient (Wildman–Crippen LogP) is 7.07. The summed E-state index contributed by atoms with van der Waals surface area (Å²) in [5.41, 5.74) is 1.26. The van der Waals surface area contributed by atoms with Gasteiger partial charge in [0.25, 0.3) is 5.56 Å². The van der Waals surface area contributed by atoms with Gasteiger partial charge in [0.05, 0.1) is 26.6 Å². The van der Waals surface area contributed by atoms with E-state index in [-0.39, 0.29) is 11.5 Å². The normalized spacial score (nSPS) is 14.8. The van der Waals surface area contributed by atoms with E-state index in [0.29, 0.717) is 32.8 Å². The number of hydrogen-bond donors (Lipinski definition) is 0. The van der Waals surface area contributed by atoms with E-state index in [1.54, 1.807) is 24.4 Å². The van der Waals surface area contributed by atoms with Gasteiger partial charge in [-0.1, -0.05) is 59.4 Å². The number of aromatic nitrogens is 2. The van der Waals surface area contributed by atoms with E-state index in [2.05, 4.69) is 43.5 Å². The third-order valence-electron chi connectivity index (χ3n) is 5.49. The van der Waals surface area contributed by atoms with Gasteiger partial charge in [0.1, 0.15) is 12.4 Å². The van der Waals surface area contributed by atoms with Crippen molar-refractivity contribution < 1.29 is 4.74 Å². The predicted molar refractivity (Wildman–Crippen MR) is 137 cm³/mol. The highest BCUT2D eigenvalue weighted by Crippen LogP contribution is 2.35. The van der Waals surface area contributed by atoms with E-state index >= 15 is 0 Å². The molecule has 0 saturated heterocycles. The van der Waals surface area contributed by atoms with Crippen molar-refractivity contribution in [3.8, 4) is 5.75 Å². The average molecular weight is 580 g/mol. The van der Waals surface area contributed by atoms with E-state index in [4.69, 9.17) is 21.3 Å². The first-order valence-electron chi connectivity index (χ1n) is 10.5. The molecule has 1 saturated carbocycles. The second-order valence-corrected chi connectivity index (χ2v) is 9.92. The van der Waals surface area contributed by atoms with Crippen molar-refractivity contribution in [2.45, 2.75) is 38.0 Å². The molecule has 0 N–H and O–H groups in total. The highest BCUT2D eigenvalue weighted by Gasteiger charge is 2.22. The Morgan fingerprint density at radius 1 is 1.22 bits per heavy atom. The molecule has 1 heterocycles. The molecule has 1 aliphatic rings. The Balaban J connectivity index is 1.79. The van der Waals surface area contributed by atoms with Crippen LogP contribution < -0.4 is 10.3 Å². The molecule has 0 bridgehead atoms. The molecule has 4 rings (SSSR count). The van der Waals surface area contributed by atoms with Crippen LogP contribution in [0, 0.1) is 0 Å². The van der Waals surface area contributed by atoms with Crippen LogP contribution in [0.2, 0.25) is 5.02 Å². The highest BCUT2D eigenvalue weighted by molar-refractivity contribution is 9.10.